The van der Waals surface area contributed by atoms with E-state index in [9.17, 15) is 18.0 Å². The van der Waals surface area contributed by atoms with Gasteiger partial charge in [0.1, 0.15) is 22.9 Å². The minimum atomic E-state index is -3.03. The molecular formula is C17H9BrClF3N2O2. The maximum Gasteiger partial charge on any atom is 0.387 e. The number of ether oxygens (including phenoxy) is 1. The molecule has 1 aliphatic rings. The van der Waals surface area contributed by atoms with Crippen molar-refractivity contribution >= 4 is 39.0 Å². The Kier molecular flexibility index (Phi) is 4.19. The van der Waals surface area contributed by atoms with Crippen molar-refractivity contribution in [1.82, 2.24) is 9.38 Å². The predicted molar refractivity (Wildman–Crippen MR) is 91.7 cm³/mol. The highest BCUT2D eigenvalue weighted by Crippen LogP contribution is 2.45. The van der Waals surface area contributed by atoms with Gasteiger partial charge in [0.25, 0.3) is 0 Å². The van der Waals surface area contributed by atoms with Crippen molar-refractivity contribution in [2.45, 2.75) is 19.0 Å². The number of aromatic nitrogens is 2. The number of rotatable bonds is 3. The lowest BCUT2D eigenvalue weighted by Crippen LogP contribution is -2.09. The number of hydrogen-bond donors (Lipinski definition) is 0. The number of fused-ring (bicyclic) bond motifs is 3. The third-order valence-corrected chi connectivity index (χ3v) is 5.18. The molecule has 0 bridgehead atoms. The molecule has 0 spiro atoms. The zero-order valence-corrected chi connectivity index (χ0v) is 15.2. The number of halogens is 5. The van der Waals surface area contributed by atoms with Crippen molar-refractivity contribution in [2.75, 3.05) is 0 Å². The molecule has 1 aromatic carbocycles. The molecule has 4 nitrogen and oxygen atoms in total. The van der Waals surface area contributed by atoms with Crippen LogP contribution >= 0.6 is 27.5 Å². The van der Waals surface area contributed by atoms with Crippen LogP contribution in [0.4, 0.5) is 13.2 Å². The first-order valence-corrected chi connectivity index (χ1v) is 8.67. The fraction of sp³-hybridized carbons (Fsp3) is 0.176. The molecule has 26 heavy (non-hydrogen) atoms. The van der Waals surface area contributed by atoms with Gasteiger partial charge in [-0.25, -0.2) is 9.37 Å². The molecule has 0 amide bonds. The Labute approximate surface area is 158 Å². The Balaban J connectivity index is 1.95. The molecule has 0 saturated carbocycles. The molecule has 4 rings (SSSR count). The number of nitrogens with zero attached hydrogens (tertiary/aromatic N) is 2. The first-order valence-electron chi connectivity index (χ1n) is 7.50. The lowest BCUT2D eigenvalue weighted by Gasteiger charge is -2.18. The number of carbonyl (C=O) groups is 1. The van der Waals surface area contributed by atoms with Crippen LogP contribution in [0.5, 0.6) is 5.75 Å². The van der Waals surface area contributed by atoms with Crippen LogP contribution in [0.25, 0.3) is 5.65 Å². The van der Waals surface area contributed by atoms with Crippen LogP contribution in [-0.4, -0.2) is 21.8 Å². The van der Waals surface area contributed by atoms with Gasteiger partial charge in [-0.15, -0.1) is 0 Å². The van der Waals surface area contributed by atoms with Crippen LogP contribution in [-0.2, 0) is 0 Å². The lowest BCUT2D eigenvalue weighted by atomic mass is 9.95. The summed E-state index contributed by atoms with van der Waals surface area (Å²) >= 11 is 9.35. The summed E-state index contributed by atoms with van der Waals surface area (Å²) in [6.07, 6.45) is 1.46. The van der Waals surface area contributed by atoms with Crippen molar-refractivity contribution in [3.8, 4) is 5.75 Å². The summed E-state index contributed by atoms with van der Waals surface area (Å²) < 4.78 is 45.7. The van der Waals surface area contributed by atoms with E-state index in [1.165, 1.54) is 30.5 Å². The average molecular weight is 446 g/mol. The maximum absolute atomic E-state index is 13.8. The highest BCUT2D eigenvalue weighted by Gasteiger charge is 2.38. The molecule has 0 aliphatic heterocycles. The van der Waals surface area contributed by atoms with Gasteiger partial charge in [0.2, 0.25) is 0 Å². The van der Waals surface area contributed by atoms with Crippen LogP contribution in [0, 0.1) is 5.82 Å². The van der Waals surface area contributed by atoms with Gasteiger partial charge in [-0.3, -0.25) is 4.79 Å². The Hall–Kier alpha value is -2.06. The van der Waals surface area contributed by atoms with Crippen LogP contribution < -0.4 is 4.74 Å². The first-order chi connectivity index (χ1) is 12.4. The molecule has 0 unspecified atom stereocenters. The number of pyridine rings is 1. The van der Waals surface area contributed by atoms with Gasteiger partial charge in [-0.2, -0.15) is 8.78 Å². The first kappa shape index (κ1) is 17.4. The summed E-state index contributed by atoms with van der Waals surface area (Å²) in [6, 6.07) is 5.59. The van der Waals surface area contributed by atoms with E-state index in [-0.39, 0.29) is 44.4 Å². The molecule has 9 heteroatoms. The van der Waals surface area contributed by atoms with Gasteiger partial charge in [0.15, 0.2) is 5.78 Å². The van der Waals surface area contributed by atoms with E-state index >= 15 is 0 Å². The van der Waals surface area contributed by atoms with E-state index in [0.717, 1.165) is 0 Å². The normalized spacial score (nSPS) is 16.5. The average Bonchev–Trinajstić information content (AvgIpc) is 3.06. The largest absolute Gasteiger partial charge is 0.434 e. The Morgan fingerprint density at radius 2 is 2.15 bits per heavy atom. The second kappa shape index (κ2) is 6.28. The number of alkyl halides is 2. The molecule has 1 aliphatic carbocycles. The smallest absolute Gasteiger partial charge is 0.387 e. The standard InChI is InChI=1S/C17H9BrClF3N2O2/c18-8-6-24-13(5-10(8)20)23-15-11(25)4-7(16(15)24)14-9(19)2-1-3-12(14)26-17(21)22/h1-3,5-7,17H,4H2/t7-/m1/s1. The monoisotopic (exact) mass is 444 g/mol. The number of hydrogen-bond acceptors (Lipinski definition) is 3. The van der Waals surface area contributed by atoms with E-state index in [1.807, 2.05) is 0 Å². The van der Waals surface area contributed by atoms with Gasteiger partial charge >= 0.3 is 6.61 Å². The third kappa shape index (κ3) is 2.68. The van der Waals surface area contributed by atoms with Gasteiger partial charge < -0.3 is 9.14 Å². The summed E-state index contributed by atoms with van der Waals surface area (Å²) in [6.45, 7) is -3.03. The Morgan fingerprint density at radius 1 is 1.38 bits per heavy atom. The number of imidazole rings is 1. The lowest BCUT2D eigenvalue weighted by molar-refractivity contribution is -0.0505. The van der Waals surface area contributed by atoms with E-state index in [1.54, 1.807) is 4.40 Å². The van der Waals surface area contributed by atoms with E-state index in [4.69, 9.17) is 11.6 Å². The SMILES string of the molecule is O=C1C[C@H](c2c(Cl)cccc2OC(F)F)c2c1nc1cc(F)c(Br)cn21. The zero-order chi connectivity index (χ0) is 18.6. The van der Waals surface area contributed by atoms with Crippen molar-refractivity contribution in [1.29, 1.82) is 0 Å². The molecule has 2 heterocycles. The summed E-state index contributed by atoms with van der Waals surface area (Å²) in [4.78, 5) is 16.6. The van der Waals surface area contributed by atoms with Crippen LogP contribution in [0.1, 0.15) is 34.1 Å². The van der Waals surface area contributed by atoms with Gasteiger partial charge in [0.05, 0.1) is 10.2 Å². The van der Waals surface area contributed by atoms with Crippen molar-refractivity contribution < 1.29 is 22.7 Å². The molecule has 3 aromatic rings. The van der Waals surface area contributed by atoms with Gasteiger partial charge in [-0.1, -0.05) is 17.7 Å². The van der Waals surface area contributed by atoms with Crippen LogP contribution in [0.15, 0.2) is 34.9 Å². The fourth-order valence-corrected chi connectivity index (χ4v) is 3.88. The molecular weight excluding hydrogens is 437 g/mol. The molecule has 0 radical (unpaired) electrons. The van der Waals surface area contributed by atoms with Gasteiger partial charge in [-0.05, 0) is 28.1 Å². The zero-order valence-electron chi connectivity index (χ0n) is 12.8. The second-order valence-electron chi connectivity index (χ2n) is 5.75. The highest BCUT2D eigenvalue weighted by molar-refractivity contribution is 9.10. The summed E-state index contributed by atoms with van der Waals surface area (Å²) in [5, 5.41) is 0.199. The quantitative estimate of drug-likeness (QED) is 0.556. The molecule has 2 aromatic heterocycles. The van der Waals surface area contributed by atoms with Crippen molar-refractivity contribution in [2.24, 2.45) is 0 Å². The molecule has 1 atom stereocenters. The number of benzene rings is 1. The number of Topliss-reactive ketones (excluding diaryl/α,β-unsaturated/α-hetero) is 1. The summed E-state index contributed by atoms with van der Waals surface area (Å²) in [5.74, 6) is -1.53. The molecule has 0 fully saturated rings. The van der Waals surface area contributed by atoms with E-state index in [2.05, 4.69) is 25.7 Å². The summed E-state index contributed by atoms with van der Waals surface area (Å²) in [5.41, 5.74) is 1.18. The summed E-state index contributed by atoms with van der Waals surface area (Å²) in [7, 11) is 0. The van der Waals surface area contributed by atoms with Crippen LogP contribution in [0.2, 0.25) is 5.02 Å². The van der Waals surface area contributed by atoms with Gasteiger partial charge in [0, 0.05) is 35.2 Å². The van der Waals surface area contributed by atoms with E-state index in [0.29, 0.717) is 5.69 Å². The van der Waals surface area contributed by atoms with Crippen molar-refractivity contribution in [3.63, 3.8) is 0 Å². The molecule has 0 N–H and O–H groups in total. The maximum atomic E-state index is 13.8. The number of carbonyl (C=O) groups excluding carboxylic acids is 1. The Morgan fingerprint density at radius 3 is 2.88 bits per heavy atom. The second-order valence-corrected chi connectivity index (χ2v) is 7.01. The molecule has 134 valence electrons. The van der Waals surface area contributed by atoms with E-state index < -0.39 is 18.3 Å². The van der Waals surface area contributed by atoms with Crippen LogP contribution in [0.3, 0.4) is 0 Å². The fourth-order valence-electron chi connectivity index (χ4n) is 3.27. The highest BCUT2D eigenvalue weighted by atomic mass is 79.9. The third-order valence-electron chi connectivity index (χ3n) is 4.26. The minimum Gasteiger partial charge on any atom is -0.434 e. The minimum absolute atomic E-state index is 0.0128. The predicted octanol–water partition coefficient (Wildman–Crippen LogP) is 5.21. The Bertz CT molecular complexity index is 1050. The molecule has 0 saturated heterocycles. The van der Waals surface area contributed by atoms with Crippen molar-refractivity contribution in [3.05, 3.63) is 62.7 Å². The number of ketones is 1. The topological polar surface area (TPSA) is 43.6 Å².